The van der Waals surface area contributed by atoms with E-state index in [1.165, 1.54) is 23.9 Å². The molecular formula is C14H26N4O2S4. The molecule has 0 aliphatic carbocycles. The van der Waals surface area contributed by atoms with Gasteiger partial charge in [-0.1, -0.05) is 13.8 Å². The Kier molecular flexibility index (Phi) is 9.86. The summed E-state index contributed by atoms with van der Waals surface area (Å²) in [6.07, 6.45) is 0. The Morgan fingerprint density at radius 1 is 0.667 bits per heavy atom. The molecule has 2 saturated heterocycles. The minimum absolute atomic E-state index is 0.00491. The van der Waals surface area contributed by atoms with E-state index in [9.17, 15) is 9.59 Å². The van der Waals surface area contributed by atoms with Crippen LogP contribution in [-0.2, 0) is 0 Å². The fourth-order valence-electron chi connectivity index (χ4n) is 2.58. The molecule has 0 atom stereocenters. The standard InChI is InChI=1S/C14H26N4O2S4/c1-3-15-5-9-17(10-6-15)21-13(19)23-24-14(20)22-18-11-7-16(4-2)8-12-18/h3-12H2,1-2H3. The molecule has 6 nitrogen and oxygen atoms in total. The van der Waals surface area contributed by atoms with Crippen LogP contribution < -0.4 is 0 Å². The first kappa shape index (κ1) is 20.9. The van der Waals surface area contributed by atoms with E-state index in [1.54, 1.807) is 0 Å². The summed E-state index contributed by atoms with van der Waals surface area (Å²) in [7, 11) is 2.11. The van der Waals surface area contributed by atoms with E-state index in [2.05, 4.69) is 32.3 Å². The Labute approximate surface area is 161 Å². The topological polar surface area (TPSA) is 47.1 Å². The van der Waals surface area contributed by atoms with Crippen molar-refractivity contribution in [1.29, 1.82) is 0 Å². The summed E-state index contributed by atoms with van der Waals surface area (Å²) in [5, 5.41) is 0. The van der Waals surface area contributed by atoms with Gasteiger partial charge in [-0.15, -0.1) is 0 Å². The zero-order valence-corrected chi connectivity index (χ0v) is 17.6. The lowest BCUT2D eigenvalue weighted by Crippen LogP contribution is -2.43. The molecule has 0 radical (unpaired) electrons. The van der Waals surface area contributed by atoms with E-state index in [0.717, 1.165) is 87.0 Å². The molecule has 0 N–H and O–H groups in total. The normalized spacial score (nSPS) is 21.9. The lowest BCUT2D eigenvalue weighted by atomic mass is 10.4. The molecule has 0 amide bonds. The Hall–Kier alpha value is 0.580. The lowest BCUT2D eigenvalue weighted by Gasteiger charge is -2.32. The van der Waals surface area contributed by atoms with Crippen molar-refractivity contribution < 1.29 is 9.59 Å². The van der Waals surface area contributed by atoms with Gasteiger partial charge < -0.3 is 9.80 Å². The largest absolute Gasteiger partial charge is 0.301 e. The maximum atomic E-state index is 12.0. The van der Waals surface area contributed by atoms with Crippen molar-refractivity contribution >= 4 is 54.4 Å². The molecular weight excluding hydrogens is 384 g/mol. The van der Waals surface area contributed by atoms with Gasteiger partial charge in [-0.25, -0.2) is 8.61 Å². The third-order valence-corrected chi connectivity index (χ3v) is 8.78. The molecule has 0 aromatic carbocycles. The van der Waals surface area contributed by atoms with Crippen molar-refractivity contribution in [2.75, 3.05) is 65.4 Å². The molecule has 0 aromatic heterocycles. The molecule has 2 rings (SSSR count). The van der Waals surface area contributed by atoms with Gasteiger partial charge in [-0.3, -0.25) is 9.59 Å². The maximum Gasteiger partial charge on any atom is 0.272 e. The van der Waals surface area contributed by atoms with E-state index in [1.807, 2.05) is 0 Å². The van der Waals surface area contributed by atoms with Crippen LogP contribution in [0.2, 0.25) is 0 Å². The highest BCUT2D eigenvalue weighted by Crippen LogP contribution is 2.36. The van der Waals surface area contributed by atoms with Crippen molar-refractivity contribution in [3.63, 3.8) is 0 Å². The smallest absolute Gasteiger partial charge is 0.272 e. The highest BCUT2D eigenvalue weighted by atomic mass is 33.1. The second-order valence-corrected chi connectivity index (χ2v) is 10.3. The van der Waals surface area contributed by atoms with Gasteiger partial charge >= 0.3 is 0 Å². The molecule has 0 spiro atoms. The van der Waals surface area contributed by atoms with Gasteiger partial charge in [0.2, 0.25) is 0 Å². The Bertz CT molecular complexity index is 376. The maximum absolute atomic E-state index is 12.0. The van der Waals surface area contributed by atoms with Gasteiger partial charge in [0.15, 0.2) is 0 Å². The minimum Gasteiger partial charge on any atom is -0.301 e. The highest BCUT2D eigenvalue weighted by Gasteiger charge is 2.22. The number of hydrogen-bond donors (Lipinski definition) is 0. The number of nitrogens with zero attached hydrogens (tertiary/aromatic N) is 4. The average molecular weight is 411 g/mol. The minimum atomic E-state index is -0.00491. The molecule has 2 heterocycles. The molecule has 2 aliphatic rings. The molecule has 138 valence electrons. The first-order chi connectivity index (χ1) is 11.6. The molecule has 0 aromatic rings. The number of rotatable bonds is 4. The van der Waals surface area contributed by atoms with Crippen LogP contribution in [0.3, 0.4) is 0 Å². The highest BCUT2D eigenvalue weighted by molar-refractivity contribution is 8.93. The summed E-state index contributed by atoms with van der Waals surface area (Å²) in [4.78, 5) is 28.8. The monoisotopic (exact) mass is 410 g/mol. The summed E-state index contributed by atoms with van der Waals surface area (Å²) in [6, 6.07) is 0. The van der Waals surface area contributed by atoms with Crippen LogP contribution in [0.15, 0.2) is 0 Å². The van der Waals surface area contributed by atoms with E-state index in [4.69, 9.17) is 0 Å². The van der Waals surface area contributed by atoms with Crippen LogP contribution in [0.25, 0.3) is 0 Å². The number of piperazine rings is 2. The van der Waals surface area contributed by atoms with E-state index in [0.29, 0.717) is 0 Å². The van der Waals surface area contributed by atoms with E-state index >= 15 is 0 Å². The summed E-state index contributed by atoms with van der Waals surface area (Å²) >= 11 is 2.51. The number of hydrogen-bond acceptors (Lipinski definition) is 10. The van der Waals surface area contributed by atoms with Crippen molar-refractivity contribution in [2.45, 2.75) is 13.8 Å². The van der Waals surface area contributed by atoms with Crippen molar-refractivity contribution in [3.8, 4) is 0 Å². The van der Waals surface area contributed by atoms with Gasteiger partial charge in [0.1, 0.15) is 0 Å². The Morgan fingerprint density at radius 3 is 1.29 bits per heavy atom. The van der Waals surface area contributed by atoms with Gasteiger partial charge in [0.05, 0.1) is 0 Å². The van der Waals surface area contributed by atoms with Crippen LogP contribution >= 0.6 is 45.5 Å². The Morgan fingerprint density at radius 2 is 1.00 bits per heavy atom. The molecule has 2 fully saturated rings. The van der Waals surface area contributed by atoms with Gasteiger partial charge in [0, 0.05) is 97.8 Å². The molecule has 2 aliphatic heterocycles. The van der Waals surface area contributed by atoms with E-state index < -0.39 is 0 Å². The molecule has 0 unspecified atom stereocenters. The molecule has 24 heavy (non-hydrogen) atoms. The molecule has 10 heteroatoms. The predicted molar refractivity (Wildman–Crippen MR) is 109 cm³/mol. The van der Waals surface area contributed by atoms with Crippen LogP contribution in [0, 0.1) is 0 Å². The fourth-order valence-corrected chi connectivity index (χ4v) is 6.28. The van der Waals surface area contributed by atoms with Crippen LogP contribution in [0.1, 0.15) is 13.8 Å². The second-order valence-electron chi connectivity index (χ2n) is 5.58. The third kappa shape index (κ3) is 7.45. The number of likely N-dealkylation sites (N-methyl/N-ethyl adjacent to an activating group) is 2. The van der Waals surface area contributed by atoms with Crippen molar-refractivity contribution in [2.24, 2.45) is 0 Å². The summed E-state index contributed by atoms with van der Waals surface area (Å²) in [6.45, 7) is 14.1. The van der Waals surface area contributed by atoms with Gasteiger partial charge in [-0.2, -0.15) is 0 Å². The number of carbonyl (C=O) groups is 2. The predicted octanol–water partition coefficient (Wildman–Crippen LogP) is 3.18. The van der Waals surface area contributed by atoms with Crippen molar-refractivity contribution in [1.82, 2.24) is 18.4 Å². The summed E-state index contributed by atoms with van der Waals surface area (Å²) in [5.41, 5.74) is 0. The molecule has 0 saturated carbocycles. The second kappa shape index (κ2) is 11.3. The summed E-state index contributed by atoms with van der Waals surface area (Å²) < 4.78 is 4.19. The van der Waals surface area contributed by atoms with Crippen molar-refractivity contribution in [3.05, 3.63) is 0 Å². The number of carbonyl (C=O) groups excluding carboxylic acids is 2. The lowest BCUT2D eigenvalue weighted by molar-refractivity contribution is 0.205. The summed E-state index contributed by atoms with van der Waals surface area (Å²) in [5.74, 6) is 0. The molecule has 0 bridgehead atoms. The Balaban J connectivity index is 1.57. The van der Waals surface area contributed by atoms with Crippen LogP contribution in [-0.4, -0.2) is 92.8 Å². The quantitative estimate of drug-likeness (QED) is 0.510. The fraction of sp³-hybridized carbons (Fsp3) is 0.857. The van der Waals surface area contributed by atoms with Gasteiger partial charge in [-0.05, 0) is 13.1 Å². The van der Waals surface area contributed by atoms with E-state index in [-0.39, 0.29) is 8.89 Å². The van der Waals surface area contributed by atoms with Crippen LogP contribution in [0.4, 0.5) is 9.59 Å². The zero-order chi connectivity index (χ0) is 17.4. The average Bonchev–Trinajstić information content (AvgIpc) is 2.61. The SMILES string of the molecule is CCN1CCN(SC(=O)SSC(=O)SN2CCN(CC)CC2)CC1. The van der Waals surface area contributed by atoms with Gasteiger partial charge in [0.25, 0.3) is 8.89 Å². The van der Waals surface area contributed by atoms with Crippen LogP contribution in [0.5, 0.6) is 0 Å². The first-order valence-electron chi connectivity index (χ1n) is 8.33. The zero-order valence-electron chi connectivity index (χ0n) is 14.3. The third-order valence-electron chi connectivity index (χ3n) is 4.14. The first-order valence-corrected chi connectivity index (χ1v) is 12.0.